The van der Waals surface area contributed by atoms with Crippen LogP contribution in [-0.2, 0) is 0 Å². The van der Waals surface area contributed by atoms with Crippen molar-refractivity contribution in [3.8, 4) is 5.40 Å². The Morgan fingerprint density at radius 2 is 1.41 bits per heavy atom. The molecule has 0 heterocycles. The molecule has 3 nitrogen and oxygen atoms in total. The lowest BCUT2D eigenvalue weighted by Crippen LogP contribution is -1.67. The second-order valence-electron chi connectivity index (χ2n) is 3.22. The van der Waals surface area contributed by atoms with E-state index in [4.69, 9.17) is 5.26 Å². The lowest BCUT2D eigenvalue weighted by molar-refractivity contribution is 1.22. The van der Waals surface area contributed by atoms with Gasteiger partial charge in [-0.2, -0.15) is 15.5 Å². The summed E-state index contributed by atoms with van der Waals surface area (Å²) in [4.78, 5) is 0.908. The third-order valence-electron chi connectivity index (χ3n) is 2.04. The third kappa shape index (κ3) is 3.44. The molecule has 2 aromatic carbocycles. The molecule has 2 rings (SSSR count). The Balaban J connectivity index is 2.09. The number of thioether (sulfide) groups is 1. The number of hydrogen-bond acceptors (Lipinski definition) is 4. The van der Waals surface area contributed by atoms with Crippen LogP contribution in [0.1, 0.15) is 0 Å². The van der Waals surface area contributed by atoms with Crippen molar-refractivity contribution in [2.45, 2.75) is 4.90 Å². The van der Waals surface area contributed by atoms with Gasteiger partial charge >= 0.3 is 0 Å². The molecule has 0 amide bonds. The van der Waals surface area contributed by atoms with Gasteiger partial charge in [-0.05, 0) is 48.2 Å². The molecule has 0 aliphatic carbocycles. The van der Waals surface area contributed by atoms with E-state index in [1.807, 2.05) is 60.0 Å². The molecule has 82 valence electrons. The summed E-state index contributed by atoms with van der Waals surface area (Å²) < 4.78 is 0. The summed E-state index contributed by atoms with van der Waals surface area (Å²) in [6.45, 7) is 0. The minimum Gasteiger partial charge on any atom is -0.185 e. The van der Waals surface area contributed by atoms with Crippen LogP contribution in [0, 0.1) is 10.7 Å². The molecule has 4 heteroatoms. The number of thiocyanates is 1. The summed E-state index contributed by atoms with van der Waals surface area (Å²) >= 11 is 1.13. The summed E-state index contributed by atoms with van der Waals surface area (Å²) in [6.07, 6.45) is 0. The Bertz CT molecular complexity index is 541. The Morgan fingerprint density at radius 3 is 2.00 bits per heavy atom. The van der Waals surface area contributed by atoms with Crippen molar-refractivity contribution >= 4 is 23.1 Å². The van der Waals surface area contributed by atoms with E-state index in [9.17, 15) is 0 Å². The molecule has 0 aromatic heterocycles. The maximum atomic E-state index is 8.51. The summed E-state index contributed by atoms with van der Waals surface area (Å²) in [5.41, 5.74) is 1.60. The molecule has 0 N–H and O–H groups in total. The first-order chi connectivity index (χ1) is 8.38. The number of rotatable bonds is 3. The fraction of sp³-hybridized carbons (Fsp3) is 0. The van der Waals surface area contributed by atoms with Gasteiger partial charge in [0.25, 0.3) is 0 Å². The molecule has 0 bridgehead atoms. The summed E-state index contributed by atoms with van der Waals surface area (Å²) in [5.74, 6) is 0. The van der Waals surface area contributed by atoms with Crippen LogP contribution in [0.2, 0.25) is 0 Å². The molecule has 0 aliphatic rings. The smallest absolute Gasteiger partial charge is 0.138 e. The van der Waals surface area contributed by atoms with Crippen LogP contribution in [0.5, 0.6) is 0 Å². The van der Waals surface area contributed by atoms with Crippen LogP contribution in [0.4, 0.5) is 11.4 Å². The van der Waals surface area contributed by atoms with Crippen LogP contribution in [0.3, 0.4) is 0 Å². The molecular formula is C13H9N3S. The van der Waals surface area contributed by atoms with Crippen molar-refractivity contribution in [3.63, 3.8) is 0 Å². The van der Waals surface area contributed by atoms with Crippen molar-refractivity contribution in [2.75, 3.05) is 0 Å². The van der Waals surface area contributed by atoms with Crippen LogP contribution in [0.25, 0.3) is 0 Å². The van der Waals surface area contributed by atoms with Crippen molar-refractivity contribution in [2.24, 2.45) is 10.2 Å². The van der Waals surface area contributed by atoms with Crippen molar-refractivity contribution in [1.29, 1.82) is 5.26 Å². The zero-order valence-electron chi connectivity index (χ0n) is 8.95. The zero-order valence-corrected chi connectivity index (χ0v) is 9.76. The average molecular weight is 239 g/mol. The lowest BCUT2D eigenvalue weighted by atomic mass is 10.3. The van der Waals surface area contributed by atoms with E-state index in [1.54, 1.807) is 0 Å². The van der Waals surface area contributed by atoms with Gasteiger partial charge in [0.15, 0.2) is 0 Å². The molecule has 2 aromatic rings. The zero-order chi connectivity index (χ0) is 11.9. The van der Waals surface area contributed by atoms with Gasteiger partial charge < -0.3 is 0 Å². The molecule has 0 unspecified atom stereocenters. The fourth-order valence-corrected chi connectivity index (χ4v) is 1.62. The topological polar surface area (TPSA) is 48.5 Å². The minimum atomic E-state index is 0.774. The van der Waals surface area contributed by atoms with E-state index < -0.39 is 0 Å². The predicted molar refractivity (Wildman–Crippen MR) is 68.5 cm³/mol. The number of nitrogens with zero attached hydrogens (tertiary/aromatic N) is 3. The summed E-state index contributed by atoms with van der Waals surface area (Å²) in [7, 11) is 0. The molecule has 0 saturated carbocycles. The number of azo groups is 1. The Labute approximate surface area is 104 Å². The largest absolute Gasteiger partial charge is 0.185 e. The fourth-order valence-electron chi connectivity index (χ4n) is 1.24. The number of benzene rings is 2. The van der Waals surface area contributed by atoms with Gasteiger partial charge in [-0.15, -0.1) is 0 Å². The second kappa shape index (κ2) is 5.83. The SMILES string of the molecule is N#CSc1ccc(N=Nc2ccccc2)cc1. The van der Waals surface area contributed by atoms with Crippen LogP contribution >= 0.6 is 11.8 Å². The molecule has 0 radical (unpaired) electrons. The molecule has 17 heavy (non-hydrogen) atoms. The van der Waals surface area contributed by atoms with E-state index >= 15 is 0 Å². The quantitative estimate of drug-likeness (QED) is 0.443. The molecule has 0 fully saturated rings. The van der Waals surface area contributed by atoms with Gasteiger partial charge in [-0.25, -0.2) is 0 Å². The van der Waals surface area contributed by atoms with Crippen LogP contribution in [0.15, 0.2) is 69.7 Å². The second-order valence-corrected chi connectivity index (χ2v) is 4.08. The Morgan fingerprint density at radius 1 is 0.824 bits per heavy atom. The monoisotopic (exact) mass is 239 g/mol. The van der Waals surface area contributed by atoms with E-state index in [1.165, 1.54) is 0 Å². The molecular weight excluding hydrogens is 230 g/mol. The first-order valence-electron chi connectivity index (χ1n) is 5.01. The maximum Gasteiger partial charge on any atom is 0.138 e. The molecule has 0 aliphatic heterocycles. The first kappa shape index (κ1) is 11.4. The van der Waals surface area contributed by atoms with E-state index in [-0.39, 0.29) is 0 Å². The molecule has 0 atom stereocenters. The predicted octanol–water partition coefficient (Wildman–Crippen LogP) is 4.68. The summed E-state index contributed by atoms with van der Waals surface area (Å²) in [5, 5.41) is 18.8. The molecule has 0 saturated heterocycles. The van der Waals surface area contributed by atoms with Gasteiger partial charge in [-0.3, -0.25) is 0 Å². The van der Waals surface area contributed by atoms with E-state index in [2.05, 4.69) is 10.2 Å². The highest BCUT2D eigenvalue weighted by molar-refractivity contribution is 8.03. The normalized spacial score (nSPS) is 10.3. The minimum absolute atomic E-state index is 0.774. The maximum absolute atomic E-state index is 8.51. The van der Waals surface area contributed by atoms with Gasteiger partial charge in [0.2, 0.25) is 0 Å². The highest BCUT2D eigenvalue weighted by Crippen LogP contribution is 2.22. The lowest BCUT2D eigenvalue weighted by Gasteiger charge is -1.94. The van der Waals surface area contributed by atoms with Crippen LogP contribution in [-0.4, -0.2) is 0 Å². The third-order valence-corrected chi connectivity index (χ3v) is 2.64. The first-order valence-corrected chi connectivity index (χ1v) is 5.83. The molecule has 0 spiro atoms. The average Bonchev–Trinajstić information content (AvgIpc) is 2.40. The van der Waals surface area contributed by atoms with E-state index in [0.29, 0.717) is 0 Å². The highest BCUT2D eigenvalue weighted by atomic mass is 32.2. The van der Waals surface area contributed by atoms with Gasteiger partial charge in [0.05, 0.1) is 11.4 Å². The van der Waals surface area contributed by atoms with Gasteiger partial charge in [0.1, 0.15) is 5.40 Å². The Hall–Kier alpha value is -2.12. The van der Waals surface area contributed by atoms with Crippen LogP contribution < -0.4 is 0 Å². The van der Waals surface area contributed by atoms with Gasteiger partial charge in [-0.1, -0.05) is 18.2 Å². The van der Waals surface area contributed by atoms with E-state index in [0.717, 1.165) is 28.0 Å². The number of hydrogen-bond donors (Lipinski definition) is 0. The standard InChI is InChI=1S/C13H9N3S/c14-10-17-13-8-6-12(7-9-13)16-15-11-4-2-1-3-5-11/h1-9H. The van der Waals surface area contributed by atoms with Crippen molar-refractivity contribution in [1.82, 2.24) is 0 Å². The van der Waals surface area contributed by atoms with Crippen molar-refractivity contribution < 1.29 is 0 Å². The van der Waals surface area contributed by atoms with Gasteiger partial charge in [0, 0.05) is 4.90 Å². The van der Waals surface area contributed by atoms with Crippen molar-refractivity contribution in [3.05, 3.63) is 54.6 Å². The number of nitriles is 1. The summed E-state index contributed by atoms with van der Waals surface area (Å²) in [6, 6.07) is 16.9. The highest BCUT2D eigenvalue weighted by Gasteiger charge is 1.93. The Kier molecular flexibility index (Phi) is 3.90.